The van der Waals surface area contributed by atoms with Gasteiger partial charge in [0, 0.05) is 12.8 Å². The van der Waals surface area contributed by atoms with Crippen LogP contribution in [0.15, 0.2) is 22.2 Å². The van der Waals surface area contributed by atoms with Gasteiger partial charge < -0.3 is 40.2 Å². The highest BCUT2D eigenvalue weighted by atomic mass is 31.2. The van der Waals surface area contributed by atoms with E-state index < -0.39 is 68.8 Å². The van der Waals surface area contributed by atoms with Crippen molar-refractivity contribution in [3.63, 3.8) is 0 Å². The number of nitrogens with zero attached hydrogens (tertiary/aromatic N) is 6. The average Bonchev–Trinajstić information content (AvgIpc) is 3.54. The van der Waals surface area contributed by atoms with Gasteiger partial charge in [-0.2, -0.15) is 9.97 Å². The summed E-state index contributed by atoms with van der Waals surface area (Å²) >= 11 is 0. The average molecular weight is 551 g/mol. The van der Waals surface area contributed by atoms with Crippen LogP contribution in [-0.4, -0.2) is 89.5 Å². The fourth-order valence-electron chi connectivity index (χ4n) is 4.29. The fourth-order valence-corrected chi connectivity index (χ4v) is 5.30. The van der Waals surface area contributed by atoms with E-state index in [1.807, 2.05) is 0 Å². The van der Waals surface area contributed by atoms with Gasteiger partial charge in [-0.1, -0.05) is 0 Å². The predicted molar refractivity (Wildman–Crippen MR) is 128 cm³/mol. The Labute approximate surface area is 213 Å². The predicted octanol–water partition coefficient (Wildman–Crippen LogP) is -2.46. The number of aromatic amines is 1. The molecular weight excluding hydrogens is 528 g/mol. The van der Waals surface area contributed by atoms with Crippen molar-refractivity contribution in [2.75, 3.05) is 24.7 Å². The molecule has 0 amide bonds. The Hall–Kier alpha value is -3.19. The van der Waals surface area contributed by atoms with Gasteiger partial charge >= 0.3 is 5.69 Å². The molecule has 7 N–H and O–H groups in total. The highest BCUT2D eigenvalue weighted by molar-refractivity contribution is 7.79. The van der Waals surface area contributed by atoms with Crippen molar-refractivity contribution in [2.24, 2.45) is 0 Å². The topological polar surface area (TPSA) is 258 Å². The van der Waals surface area contributed by atoms with E-state index in [-0.39, 0.29) is 35.9 Å². The first-order chi connectivity index (χ1) is 18.0. The molecule has 38 heavy (non-hydrogen) atoms. The summed E-state index contributed by atoms with van der Waals surface area (Å²) in [6.45, 7) is -0.946. The number of nitrogens with two attached hydrogens (primary N) is 2. The summed E-state index contributed by atoms with van der Waals surface area (Å²) in [7, 11) is 1.50. The van der Waals surface area contributed by atoms with E-state index in [1.165, 1.54) is 10.9 Å². The molecule has 20 heteroatoms. The van der Waals surface area contributed by atoms with Crippen LogP contribution < -0.4 is 22.7 Å². The van der Waals surface area contributed by atoms with Gasteiger partial charge in [0.1, 0.15) is 31.0 Å². The minimum absolute atomic E-state index is 0.0312. The molecule has 2 radical (unpaired) electrons. The lowest BCUT2D eigenvalue weighted by Gasteiger charge is -2.24. The van der Waals surface area contributed by atoms with Gasteiger partial charge in [0.2, 0.25) is 19.5 Å². The summed E-state index contributed by atoms with van der Waals surface area (Å²) in [6.07, 6.45) is -3.24. The maximum absolute atomic E-state index is 12.9. The Bertz CT molecular complexity index is 1500. The Morgan fingerprint density at radius 3 is 2.58 bits per heavy atom. The molecule has 18 nitrogen and oxygen atoms in total. The number of aromatic nitrogens is 7. The Kier molecular flexibility index (Phi) is 7.08. The molecule has 5 rings (SSSR count). The zero-order chi connectivity index (χ0) is 27.2. The monoisotopic (exact) mass is 551 g/mol. The molecule has 3 aromatic rings. The van der Waals surface area contributed by atoms with Gasteiger partial charge in [0.05, 0.1) is 31.7 Å². The highest BCUT2D eigenvalue weighted by Gasteiger charge is 2.42. The van der Waals surface area contributed by atoms with Gasteiger partial charge in [0.15, 0.2) is 11.2 Å². The Morgan fingerprint density at radius 1 is 1.13 bits per heavy atom. The molecule has 7 atom stereocenters. The van der Waals surface area contributed by atoms with Gasteiger partial charge in [-0.05, 0) is 0 Å². The van der Waals surface area contributed by atoms with Crippen LogP contribution in [0.2, 0.25) is 0 Å². The van der Waals surface area contributed by atoms with Gasteiger partial charge in [-0.25, -0.2) is 14.8 Å². The summed E-state index contributed by atoms with van der Waals surface area (Å²) in [5.74, 6) is -0.332. The third kappa shape index (κ3) is 5.21. The number of hydrogen-bond acceptors (Lipinski definition) is 15. The molecule has 1 unspecified atom stereocenters. The minimum atomic E-state index is -4.26. The summed E-state index contributed by atoms with van der Waals surface area (Å²) in [4.78, 5) is 41.8. The molecule has 202 valence electrons. The van der Waals surface area contributed by atoms with E-state index in [0.717, 1.165) is 10.9 Å². The largest absolute Gasteiger partial charge is 0.394 e. The molecule has 5 heterocycles. The molecule has 0 spiro atoms. The van der Waals surface area contributed by atoms with Crippen LogP contribution in [0.1, 0.15) is 25.3 Å². The third-order valence-electron chi connectivity index (χ3n) is 6.08. The van der Waals surface area contributed by atoms with Crippen molar-refractivity contribution in [1.82, 2.24) is 34.1 Å². The van der Waals surface area contributed by atoms with Crippen LogP contribution in [0.4, 0.5) is 11.9 Å². The van der Waals surface area contributed by atoms with Gasteiger partial charge in [-0.15, -0.1) is 0 Å². The number of aliphatic hydroxyl groups excluding tert-OH is 2. The van der Waals surface area contributed by atoms with Crippen LogP contribution >= 0.6 is 7.47 Å². The number of aliphatic hydroxyl groups is 2. The molecule has 0 bridgehead atoms. The van der Waals surface area contributed by atoms with Crippen molar-refractivity contribution < 1.29 is 33.3 Å². The molecular formula is C18H23BN9O9P. The zero-order valence-corrected chi connectivity index (χ0v) is 20.5. The SMILES string of the molecule is [B]P(=O)(OC[C@H]1O[C@@H](n2cnc3c(=O)[nH]c(N)nc32)C[C@@H]1O)O[C@H]1C[C@H](n2cnc(N)nc2=O)O[C@@H]1CO. The molecule has 0 saturated carbocycles. The summed E-state index contributed by atoms with van der Waals surface area (Å²) in [5.41, 5.74) is 9.95. The minimum Gasteiger partial charge on any atom is -0.394 e. The maximum atomic E-state index is 12.9. The number of nitrogen functional groups attached to an aromatic ring is 2. The van der Waals surface area contributed by atoms with Crippen LogP contribution in [-0.2, 0) is 23.1 Å². The Morgan fingerprint density at radius 2 is 1.84 bits per heavy atom. The number of H-pyrrole nitrogens is 1. The van der Waals surface area contributed by atoms with Crippen LogP contribution in [0.5, 0.6) is 0 Å². The molecule has 3 aromatic heterocycles. The van der Waals surface area contributed by atoms with Gasteiger partial charge in [-0.3, -0.25) is 23.5 Å². The van der Waals surface area contributed by atoms with Crippen molar-refractivity contribution in [3.05, 3.63) is 33.5 Å². The maximum Gasteiger partial charge on any atom is 0.354 e. The molecule has 2 aliphatic rings. The fraction of sp³-hybridized carbons (Fsp3) is 0.556. The quantitative estimate of drug-likeness (QED) is 0.144. The van der Waals surface area contributed by atoms with Crippen LogP contribution in [0, 0.1) is 0 Å². The first-order valence-corrected chi connectivity index (χ1v) is 12.9. The second-order valence-corrected chi connectivity index (χ2v) is 10.2. The lowest BCUT2D eigenvalue weighted by molar-refractivity contribution is -0.0501. The number of nitrogens with one attached hydrogen (secondary N) is 1. The van der Waals surface area contributed by atoms with Crippen LogP contribution in [0.25, 0.3) is 11.2 Å². The number of rotatable bonds is 8. The van der Waals surface area contributed by atoms with E-state index in [0.29, 0.717) is 0 Å². The molecule has 2 saturated heterocycles. The summed E-state index contributed by atoms with van der Waals surface area (Å²) < 4.78 is 37.5. The molecule has 0 aromatic carbocycles. The van der Waals surface area contributed by atoms with E-state index in [4.69, 9.17) is 37.6 Å². The molecule has 2 fully saturated rings. The van der Waals surface area contributed by atoms with E-state index in [2.05, 4.69) is 24.9 Å². The number of anilines is 2. The van der Waals surface area contributed by atoms with E-state index in [1.54, 1.807) is 0 Å². The highest BCUT2D eigenvalue weighted by Crippen LogP contribution is 2.48. The lowest BCUT2D eigenvalue weighted by atomic mass is 10.2. The van der Waals surface area contributed by atoms with Crippen molar-refractivity contribution in [1.29, 1.82) is 0 Å². The lowest BCUT2D eigenvalue weighted by Crippen LogP contribution is -2.29. The number of ether oxygens (including phenoxy) is 2. The summed E-state index contributed by atoms with van der Waals surface area (Å²) in [5, 5.41) is 20.1. The van der Waals surface area contributed by atoms with Crippen molar-refractivity contribution >= 4 is 38.1 Å². The van der Waals surface area contributed by atoms with Crippen LogP contribution in [0.3, 0.4) is 0 Å². The van der Waals surface area contributed by atoms with Crippen molar-refractivity contribution in [3.8, 4) is 0 Å². The molecule has 0 aliphatic carbocycles. The number of hydrogen-bond donors (Lipinski definition) is 5. The number of imidazole rings is 1. The summed E-state index contributed by atoms with van der Waals surface area (Å²) in [6, 6.07) is 0. The van der Waals surface area contributed by atoms with Crippen molar-refractivity contribution in [2.45, 2.75) is 49.7 Å². The Balaban J connectivity index is 1.22. The zero-order valence-electron chi connectivity index (χ0n) is 19.6. The molecule has 2 aliphatic heterocycles. The first-order valence-electron chi connectivity index (χ1n) is 11.3. The standard InChI is InChI=1S/C18H23BN9O9P/c19-38(33,37-8-2-12(35-9(8)3-29)28-6-23-16(20)26-18(28)32)34-4-10-7(30)1-11(36-10)27-5-22-13-14(27)24-17(21)25-15(13)31/h5-12,29-30H,1-4H2,(H2,20,26,32)(H3,21,24,25,31)/t7-,8-,9+,10+,11+,12+,38?/m0/s1. The first kappa shape index (κ1) is 26.4. The van der Waals surface area contributed by atoms with E-state index in [9.17, 15) is 24.4 Å². The second-order valence-electron chi connectivity index (χ2n) is 8.64. The number of fused-ring (bicyclic) bond motifs is 1. The van der Waals surface area contributed by atoms with Gasteiger partial charge in [0.25, 0.3) is 13.0 Å². The normalized spacial score (nSPS) is 29.1. The van der Waals surface area contributed by atoms with E-state index >= 15 is 0 Å². The third-order valence-corrected chi connectivity index (χ3v) is 7.16. The smallest absolute Gasteiger partial charge is 0.354 e. The second kappa shape index (κ2) is 10.2.